The van der Waals surface area contributed by atoms with Gasteiger partial charge in [0.2, 0.25) is 0 Å². The van der Waals surface area contributed by atoms with Crippen LogP contribution < -0.4 is 15.4 Å². The zero-order valence-electron chi connectivity index (χ0n) is 11.1. The molecule has 0 amide bonds. The molecule has 0 bridgehead atoms. The van der Waals surface area contributed by atoms with Gasteiger partial charge in [0, 0.05) is 24.2 Å². The first-order valence-electron chi connectivity index (χ1n) is 6.41. The van der Waals surface area contributed by atoms with Crippen molar-refractivity contribution in [3.8, 4) is 5.75 Å². The standard InChI is InChI=1S/C14H21ClN2O/c1-16-9-14(6-3-7-14)10-17-11-4-5-13(18-2)12(15)8-11/h4-5,8,16-17H,3,6-7,9-10H2,1-2H3. The zero-order chi connectivity index (χ0) is 13.0. The lowest BCUT2D eigenvalue weighted by Crippen LogP contribution is -2.44. The molecular formula is C14H21ClN2O. The van der Waals surface area contributed by atoms with Gasteiger partial charge in [-0.1, -0.05) is 18.0 Å². The van der Waals surface area contributed by atoms with Crippen LogP contribution >= 0.6 is 11.6 Å². The maximum atomic E-state index is 6.11. The minimum atomic E-state index is 0.418. The lowest BCUT2D eigenvalue weighted by atomic mass is 9.68. The third kappa shape index (κ3) is 2.90. The first-order chi connectivity index (χ1) is 8.69. The van der Waals surface area contributed by atoms with Gasteiger partial charge >= 0.3 is 0 Å². The van der Waals surface area contributed by atoms with Gasteiger partial charge in [0.1, 0.15) is 5.75 Å². The number of hydrogen-bond acceptors (Lipinski definition) is 3. The molecule has 0 radical (unpaired) electrons. The molecule has 1 saturated carbocycles. The largest absolute Gasteiger partial charge is 0.495 e. The second-order valence-electron chi connectivity index (χ2n) is 5.09. The molecule has 0 spiro atoms. The Morgan fingerprint density at radius 1 is 1.33 bits per heavy atom. The Bertz CT molecular complexity index is 405. The van der Waals surface area contributed by atoms with Gasteiger partial charge in [0.05, 0.1) is 12.1 Å². The third-order valence-corrected chi connectivity index (χ3v) is 4.08. The summed E-state index contributed by atoms with van der Waals surface area (Å²) in [5, 5.41) is 7.43. The molecule has 100 valence electrons. The van der Waals surface area contributed by atoms with E-state index in [0.717, 1.165) is 24.5 Å². The molecule has 0 heterocycles. The van der Waals surface area contributed by atoms with Crippen LogP contribution in [-0.4, -0.2) is 27.2 Å². The van der Waals surface area contributed by atoms with E-state index in [0.29, 0.717) is 10.4 Å². The normalized spacial score (nSPS) is 17.1. The van der Waals surface area contributed by atoms with Crippen molar-refractivity contribution in [2.75, 3.05) is 32.6 Å². The van der Waals surface area contributed by atoms with Crippen LogP contribution in [0.3, 0.4) is 0 Å². The summed E-state index contributed by atoms with van der Waals surface area (Å²) in [6, 6.07) is 5.83. The van der Waals surface area contributed by atoms with E-state index >= 15 is 0 Å². The summed E-state index contributed by atoms with van der Waals surface area (Å²) < 4.78 is 5.15. The van der Waals surface area contributed by atoms with E-state index in [2.05, 4.69) is 10.6 Å². The van der Waals surface area contributed by atoms with Gasteiger partial charge < -0.3 is 15.4 Å². The van der Waals surface area contributed by atoms with Gasteiger partial charge in [0.25, 0.3) is 0 Å². The molecule has 0 saturated heterocycles. The van der Waals surface area contributed by atoms with Crippen LogP contribution in [0.15, 0.2) is 18.2 Å². The number of halogens is 1. The van der Waals surface area contributed by atoms with Gasteiger partial charge in [0.15, 0.2) is 0 Å². The molecule has 1 fully saturated rings. The van der Waals surface area contributed by atoms with Crippen LogP contribution in [0.1, 0.15) is 19.3 Å². The first kappa shape index (κ1) is 13.5. The molecule has 1 aromatic carbocycles. The molecule has 4 heteroatoms. The average molecular weight is 269 g/mol. The quantitative estimate of drug-likeness (QED) is 0.832. The van der Waals surface area contributed by atoms with Crippen LogP contribution in [0, 0.1) is 5.41 Å². The smallest absolute Gasteiger partial charge is 0.137 e. The fourth-order valence-corrected chi connectivity index (χ4v) is 2.79. The molecular weight excluding hydrogens is 248 g/mol. The van der Waals surface area contributed by atoms with E-state index in [1.165, 1.54) is 19.3 Å². The summed E-state index contributed by atoms with van der Waals surface area (Å²) in [6.45, 7) is 2.07. The van der Waals surface area contributed by atoms with Crippen molar-refractivity contribution in [1.29, 1.82) is 0 Å². The van der Waals surface area contributed by atoms with Gasteiger partial charge in [-0.2, -0.15) is 0 Å². The summed E-state index contributed by atoms with van der Waals surface area (Å²) in [4.78, 5) is 0. The second-order valence-corrected chi connectivity index (χ2v) is 5.49. The molecule has 1 aliphatic rings. The molecule has 2 N–H and O–H groups in total. The van der Waals surface area contributed by atoms with Gasteiger partial charge in [-0.15, -0.1) is 0 Å². The Morgan fingerprint density at radius 2 is 2.11 bits per heavy atom. The number of nitrogens with one attached hydrogen (secondary N) is 2. The van der Waals surface area contributed by atoms with Crippen molar-refractivity contribution in [3.05, 3.63) is 23.2 Å². The highest BCUT2D eigenvalue weighted by Crippen LogP contribution is 2.40. The second kappa shape index (κ2) is 5.81. The Hall–Kier alpha value is -0.930. The predicted molar refractivity (Wildman–Crippen MR) is 76.7 cm³/mol. The van der Waals surface area contributed by atoms with E-state index in [9.17, 15) is 0 Å². The van der Waals surface area contributed by atoms with Crippen LogP contribution in [0.5, 0.6) is 5.75 Å². The van der Waals surface area contributed by atoms with E-state index in [-0.39, 0.29) is 0 Å². The number of methoxy groups -OCH3 is 1. The molecule has 0 atom stereocenters. The summed E-state index contributed by atoms with van der Waals surface area (Å²) in [6.07, 6.45) is 3.93. The fraction of sp³-hybridized carbons (Fsp3) is 0.571. The summed E-state index contributed by atoms with van der Waals surface area (Å²) in [7, 11) is 3.65. The van der Waals surface area contributed by atoms with E-state index in [1.54, 1.807) is 7.11 Å². The van der Waals surface area contributed by atoms with Gasteiger partial charge in [-0.25, -0.2) is 0 Å². The van der Waals surface area contributed by atoms with Crippen molar-refractivity contribution in [2.24, 2.45) is 5.41 Å². The Morgan fingerprint density at radius 3 is 2.61 bits per heavy atom. The molecule has 0 unspecified atom stereocenters. The van der Waals surface area contributed by atoms with Gasteiger partial charge in [-0.3, -0.25) is 0 Å². The highest BCUT2D eigenvalue weighted by atomic mass is 35.5. The van der Waals surface area contributed by atoms with Gasteiger partial charge in [-0.05, 0) is 38.1 Å². The van der Waals surface area contributed by atoms with Crippen LogP contribution in [0.2, 0.25) is 5.02 Å². The zero-order valence-corrected chi connectivity index (χ0v) is 11.8. The molecule has 3 nitrogen and oxygen atoms in total. The predicted octanol–water partition coefficient (Wildman–Crippen LogP) is 3.15. The van der Waals surface area contributed by atoms with Crippen molar-refractivity contribution >= 4 is 17.3 Å². The molecule has 0 aromatic heterocycles. The highest BCUT2D eigenvalue weighted by Gasteiger charge is 2.35. The van der Waals surface area contributed by atoms with Crippen LogP contribution in [0.4, 0.5) is 5.69 Å². The Labute approximate surface area is 114 Å². The number of benzene rings is 1. The number of ether oxygens (including phenoxy) is 1. The average Bonchev–Trinajstić information content (AvgIpc) is 2.32. The molecule has 0 aliphatic heterocycles. The Kier molecular flexibility index (Phi) is 4.36. The maximum Gasteiger partial charge on any atom is 0.137 e. The highest BCUT2D eigenvalue weighted by molar-refractivity contribution is 6.32. The Balaban J connectivity index is 1.95. The molecule has 2 rings (SSSR count). The summed E-state index contributed by atoms with van der Waals surface area (Å²) >= 11 is 6.11. The SMILES string of the molecule is CNCC1(CNc2ccc(OC)c(Cl)c2)CCC1. The van der Waals surface area contributed by atoms with E-state index in [1.807, 2.05) is 25.2 Å². The fourth-order valence-electron chi connectivity index (χ4n) is 2.53. The van der Waals surface area contributed by atoms with Crippen molar-refractivity contribution < 1.29 is 4.74 Å². The van der Waals surface area contributed by atoms with E-state index in [4.69, 9.17) is 16.3 Å². The number of hydrogen-bond donors (Lipinski definition) is 2. The lowest BCUT2D eigenvalue weighted by molar-refractivity contribution is 0.151. The van der Waals surface area contributed by atoms with Crippen molar-refractivity contribution in [1.82, 2.24) is 5.32 Å². The number of rotatable bonds is 6. The van der Waals surface area contributed by atoms with E-state index < -0.39 is 0 Å². The molecule has 1 aromatic rings. The number of anilines is 1. The van der Waals surface area contributed by atoms with Crippen molar-refractivity contribution in [3.63, 3.8) is 0 Å². The van der Waals surface area contributed by atoms with Crippen LogP contribution in [-0.2, 0) is 0 Å². The first-order valence-corrected chi connectivity index (χ1v) is 6.79. The molecule has 18 heavy (non-hydrogen) atoms. The molecule has 1 aliphatic carbocycles. The summed E-state index contributed by atoms with van der Waals surface area (Å²) in [5.74, 6) is 0.718. The van der Waals surface area contributed by atoms with Crippen LogP contribution in [0.25, 0.3) is 0 Å². The van der Waals surface area contributed by atoms with Crippen molar-refractivity contribution in [2.45, 2.75) is 19.3 Å². The third-order valence-electron chi connectivity index (χ3n) is 3.79. The lowest BCUT2D eigenvalue weighted by Gasteiger charge is -2.42. The monoisotopic (exact) mass is 268 g/mol. The minimum Gasteiger partial charge on any atom is -0.495 e. The minimum absolute atomic E-state index is 0.418. The summed E-state index contributed by atoms with van der Waals surface area (Å²) in [5.41, 5.74) is 1.48. The topological polar surface area (TPSA) is 33.3 Å². The maximum absolute atomic E-state index is 6.11.